The van der Waals surface area contributed by atoms with E-state index in [-0.39, 0.29) is 5.91 Å². The van der Waals surface area contributed by atoms with E-state index in [0.29, 0.717) is 12.2 Å². The van der Waals surface area contributed by atoms with Gasteiger partial charge in [-0.2, -0.15) is 0 Å². The van der Waals surface area contributed by atoms with Crippen LogP contribution in [-0.4, -0.2) is 17.4 Å². The zero-order valence-corrected chi connectivity index (χ0v) is 8.57. The molecule has 0 saturated heterocycles. The zero-order chi connectivity index (χ0) is 11.1. The number of unbranched alkanes of at least 4 members (excludes halogenated alkanes) is 1. The summed E-state index contributed by atoms with van der Waals surface area (Å²) in [5, 5.41) is 3.19. The fraction of sp³-hybridized carbons (Fsp3) is 0.400. The number of nitrogens with zero attached hydrogens (tertiary/aromatic N) is 1. The Bertz CT molecular complexity index is 327. The van der Waals surface area contributed by atoms with Crippen molar-refractivity contribution in [3.8, 4) is 0 Å². The summed E-state index contributed by atoms with van der Waals surface area (Å²) in [5.41, 5.74) is 11.5. The first-order valence-corrected chi connectivity index (χ1v) is 4.92. The number of hydrogen-bond donors (Lipinski definition) is 3. The highest BCUT2D eigenvalue weighted by atomic mass is 16.1. The van der Waals surface area contributed by atoms with E-state index in [1.54, 1.807) is 12.3 Å². The van der Waals surface area contributed by atoms with Crippen molar-refractivity contribution in [2.24, 2.45) is 5.73 Å². The molecule has 1 amide bonds. The maximum absolute atomic E-state index is 10.5. The lowest BCUT2D eigenvalue weighted by molar-refractivity contribution is -0.118. The van der Waals surface area contributed by atoms with E-state index in [9.17, 15) is 4.79 Å². The van der Waals surface area contributed by atoms with Crippen LogP contribution < -0.4 is 16.8 Å². The van der Waals surface area contributed by atoms with Gasteiger partial charge in [-0.25, -0.2) is 4.98 Å². The maximum atomic E-state index is 10.5. The third kappa shape index (κ3) is 4.85. The lowest BCUT2D eigenvalue weighted by Gasteiger charge is -2.05. The van der Waals surface area contributed by atoms with Crippen molar-refractivity contribution in [3.63, 3.8) is 0 Å². The summed E-state index contributed by atoms with van der Waals surface area (Å²) in [6, 6.07) is 3.62. The highest BCUT2D eigenvalue weighted by Crippen LogP contribution is 2.08. The van der Waals surface area contributed by atoms with E-state index in [1.807, 2.05) is 6.07 Å². The van der Waals surface area contributed by atoms with Crippen molar-refractivity contribution in [1.82, 2.24) is 4.98 Å². The van der Waals surface area contributed by atoms with Gasteiger partial charge in [0, 0.05) is 30.9 Å². The van der Waals surface area contributed by atoms with Crippen LogP contribution in [-0.2, 0) is 4.79 Å². The topological polar surface area (TPSA) is 94.0 Å². The van der Waals surface area contributed by atoms with Crippen molar-refractivity contribution >= 4 is 17.4 Å². The molecule has 1 aromatic rings. The van der Waals surface area contributed by atoms with Crippen LogP contribution in [0.2, 0.25) is 0 Å². The van der Waals surface area contributed by atoms with Gasteiger partial charge in [0.1, 0.15) is 5.82 Å². The Labute approximate surface area is 88.9 Å². The Hall–Kier alpha value is -1.78. The van der Waals surface area contributed by atoms with E-state index >= 15 is 0 Å². The Morgan fingerprint density at radius 2 is 2.27 bits per heavy atom. The molecule has 0 spiro atoms. The molecule has 0 aliphatic carbocycles. The van der Waals surface area contributed by atoms with Crippen molar-refractivity contribution in [2.45, 2.75) is 19.3 Å². The molecule has 1 heterocycles. The second-order valence-corrected chi connectivity index (χ2v) is 3.32. The lowest BCUT2D eigenvalue weighted by Crippen LogP contribution is -2.11. The molecule has 1 rings (SSSR count). The number of pyridine rings is 1. The third-order valence-electron chi connectivity index (χ3n) is 1.96. The number of primary amides is 1. The van der Waals surface area contributed by atoms with Crippen molar-refractivity contribution < 1.29 is 4.79 Å². The number of nitrogens with one attached hydrogen (secondary N) is 1. The van der Waals surface area contributed by atoms with Crippen LogP contribution in [0.4, 0.5) is 11.5 Å². The molecular weight excluding hydrogens is 192 g/mol. The first kappa shape index (κ1) is 11.3. The molecular formula is C10H16N4O. The van der Waals surface area contributed by atoms with E-state index in [0.717, 1.165) is 25.1 Å². The number of nitrogens with two attached hydrogens (primary N) is 2. The first-order valence-electron chi connectivity index (χ1n) is 4.92. The fourth-order valence-electron chi connectivity index (χ4n) is 1.22. The van der Waals surface area contributed by atoms with Gasteiger partial charge in [-0.1, -0.05) is 0 Å². The van der Waals surface area contributed by atoms with Crippen LogP contribution in [0.5, 0.6) is 0 Å². The standard InChI is InChI=1S/C10H16N4O/c11-9-7-8(4-6-14-9)13-5-2-1-3-10(12)15/h4,6-7H,1-3,5H2,(H2,12,15)(H3,11,13,14). The Kier molecular flexibility index (Phi) is 4.40. The molecule has 1 aromatic heterocycles. The SMILES string of the molecule is NC(=O)CCCCNc1ccnc(N)c1. The van der Waals surface area contributed by atoms with Gasteiger partial charge in [0.15, 0.2) is 0 Å². The molecule has 0 unspecified atom stereocenters. The van der Waals surface area contributed by atoms with Crippen LogP contribution in [0.3, 0.4) is 0 Å². The zero-order valence-electron chi connectivity index (χ0n) is 8.57. The van der Waals surface area contributed by atoms with Gasteiger partial charge in [-0.05, 0) is 18.9 Å². The summed E-state index contributed by atoms with van der Waals surface area (Å²) in [6.07, 6.45) is 3.81. The fourth-order valence-corrected chi connectivity index (χ4v) is 1.22. The van der Waals surface area contributed by atoms with Gasteiger partial charge >= 0.3 is 0 Å². The molecule has 0 radical (unpaired) electrons. The highest BCUT2D eigenvalue weighted by molar-refractivity contribution is 5.73. The minimum absolute atomic E-state index is 0.247. The quantitative estimate of drug-likeness (QED) is 0.601. The predicted octanol–water partition coefficient (Wildman–Crippen LogP) is 0.731. The van der Waals surface area contributed by atoms with Gasteiger partial charge in [-0.3, -0.25) is 4.79 Å². The molecule has 0 fully saturated rings. The molecule has 5 N–H and O–H groups in total. The number of anilines is 2. The number of aromatic nitrogens is 1. The summed E-state index contributed by atoms with van der Waals surface area (Å²) in [4.78, 5) is 14.3. The number of rotatable bonds is 6. The second-order valence-electron chi connectivity index (χ2n) is 3.32. The summed E-state index contributed by atoms with van der Waals surface area (Å²) in [6.45, 7) is 0.802. The number of carbonyl (C=O) groups is 1. The Morgan fingerprint density at radius 1 is 1.47 bits per heavy atom. The van der Waals surface area contributed by atoms with Crippen molar-refractivity contribution in [2.75, 3.05) is 17.6 Å². The maximum Gasteiger partial charge on any atom is 0.217 e. The minimum Gasteiger partial charge on any atom is -0.385 e. The largest absolute Gasteiger partial charge is 0.385 e. The molecule has 15 heavy (non-hydrogen) atoms. The third-order valence-corrected chi connectivity index (χ3v) is 1.96. The van der Waals surface area contributed by atoms with E-state index < -0.39 is 0 Å². The van der Waals surface area contributed by atoms with Crippen molar-refractivity contribution in [1.29, 1.82) is 0 Å². The molecule has 0 aliphatic heterocycles. The van der Waals surface area contributed by atoms with Crippen LogP contribution in [0.1, 0.15) is 19.3 Å². The van der Waals surface area contributed by atoms with Gasteiger partial charge in [-0.15, -0.1) is 0 Å². The van der Waals surface area contributed by atoms with Gasteiger partial charge in [0.2, 0.25) is 5.91 Å². The van der Waals surface area contributed by atoms with Crippen LogP contribution in [0.25, 0.3) is 0 Å². The van der Waals surface area contributed by atoms with Crippen LogP contribution in [0.15, 0.2) is 18.3 Å². The second kappa shape index (κ2) is 5.85. The minimum atomic E-state index is -0.247. The molecule has 82 valence electrons. The lowest BCUT2D eigenvalue weighted by atomic mass is 10.2. The summed E-state index contributed by atoms with van der Waals surface area (Å²) in [7, 11) is 0. The molecule has 5 heteroatoms. The number of hydrogen-bond acceptors (Lipinski definition) is 4. The normalized spacial score (nSPS) is 9.87. The van der Waals surface area contributed by atoms with Gasteiger partial charge in [0.25, 0.3) is 0 Å². The summed E-state index contributed by atoms with van der Waals surface area (Å²) < 4.78 is 0. The predicted molar refractivity (Wildman–Crippen MR) is 60.2 cm³/mol. The van der Waals surface area contributed by atoms with Crippen LogP contribution in [0, 0.1) is 0 Å². The molecule has 0 atom stereocenters. The number of nitrogen functional groups attached to an aromatic ring is 1. The summed E-state index contributed by atoms with van der Waals surface area (Å²) >= 11 is 0. The van der Waals surface area contributed by atoms with E-state index in [2.05, 4.69) is 10.3 Å². The monoisotopic (exact) mass is 208 g/mol. The van der Waals surface area contributed by atoms with Crippen molar-refractivity contribution in [3.05, 3.63) is 18.3 Å². The molecule has 0 aromatic carbocycles. The van der Waals surface area contributed by atoms with Crippen LogP contribution >= 0.6 is 0 Å². The average molecular weight is 208 g/mol. The number of carbonyl (C=O) groups excluding carboxylic acids is 1. The molecule has 5 nitrogen and oxygen atoms in total. The first-order chi connectivity index (χ1) is 7.18. The Balaban J connectivity index is 2.17. The molecule has 0 bridgehead atoms. The average Bonchev–Trinajstić information content (AvgIpc) is 2.17. The van der Waals surface area contributed by atoms with E-state index in [4.69, 9.17) is 11.5 Å². The number of amides is 1. The van der Waals surface area contributed by atoms with E-state index in [1.165, 1.54) is 0 Å². The highest BCUT2D eigenvalue weighted by Gasteiger charge is 1.95. The van der Waals surface area contributed by atoms with Gasteiger partial charge in [0.05, 0.1) is 0 Å². The van der Waals surface area contributed by atoms with Gasteiger partial charge < -0.3 is 16.8 Å². The smallest absolute Gasteiger partial charge is 0.217 e. The molecule has 0 aliphatic rings. The summed E-state index contributed by atoms with van der Waals surface area (Å²) in [5.74, 6) is 0.250. The molecule has 0 saturated carbocycles. The Morgan fingerprint density at radius 3 is 2.93 bits per heavy atom.